The zero-order chi connectivity index (χ0) is 12.6. The fourth-order valence-electron chi connectivity index (χ4n) is 1.43. The van der Waals surface area contributed by atoms with Gasteiger partial charge in [0.2, 0.25) is 5.82 Å². The van der Waals surface area contributed by atoms with Crippen LogP contribution in [0.4, 0.5) is 18.9 Å². The van der Waals surface area contributed by atoms with E-state index < -0.39 is 12.0 Å². The van der Waals surface area contributed by atoms with E-state index in [1.165, 1.54) is 13.1 Å². The first kappa shape index (κ1) is 11.4. The lowest BCUT2D eigenvalue weighted by molar-refractivity contribution is -0.147. The SMILES string of the molecule is Cn1nc(-c2cccc(N)c2)nc1C(F)(F)F. The van der Waals surface area contributed by atoms with Gasteiger partial charge < -0.3 is 5.73 Å². The number of aryl methyl sites for hydroxylation is 1. The standard InChI is InChI=1S/C10H9F3N4/c1-17-9(10(11,12)13)15-8(16-17)6-3-2-4-7(14)5-6/h2-5H,14H2,1H3. The molecule has 1 aromatic heterocycles. The number of aromatic nitrogens is 3. The summed E-state index contributed by atoms with van der Waals surface area (Å²) in [7, 11) is 1.20. The second kappa shape index (κ2) is 3.76. The number of anilines is 1. The van der Waals surface area contributed by atoms with Crippen molar-refractivity contribution in [2.24, 2.45) is 7.05 Å². The minimum absolute atomic E-state index is 0.00660. The molecule has 7 heteroatoms. The highest BCUT2D eigenvalue weighted by Crippen LogP contribution is 2.29. The molecule has 0 saturated heterocycles. The van der Waals surface area contributed by atoms with Gasteiger partial charge in [0.1, 0.15) is 0 Å². The average molecular weight is 242 g/mol. The Hall–Kier alpha value is -2.05. The summed E-state index contributed by atoms with van der Waals surface area (Å²) in [5, 5.41) is 3.72. The van der Waals surface area contributed by atoms with Gasteiger partial charge in [-0.25, -0.2) is 9.67 Å². The summed E-state index contributed by atoms with van der Waals surface area (Å²) >= 11 is 0. The van der Waals surface area contributed by atoms with Gasteiger partial charge in [0, 0.05) is 18.3 Å². The predicted octanol–water partition coefficient (Wildman–Crippen LogP) is 2.08. The molecule has 0 fully saturated rings. The van der Waals surface area contributed by atoms with Gasteiger partial charge in [-0.1, -0.05) is 12.1 Å². The maximum atomic E-state index is 12.5. The highest BCUT2D eigenvalue weighted by Gasteiger charge is 2.37. The van der Waals surface area contributed by atoms with Gasteiger partial charge in [-0.05, 0) is 12.1 Å². The van der Waals surface area contributed by atoms with Crippen LogP contribution >= 0.6 is 0 Å². The van der Waals surface area contributed by atoms with E-state index in [1.54, 1.807) is 18.2 Å². The molecule has 0 spiro atoms. The van der Waals surface area contributed by atoms with Gasteiger partial charge in [0.15, 0.2) is 5.82 Å². The Bertz CT molecular complexity index is 545. The lowest BCUT2D eigenvalue weighted by Crippen LogP contribution is -2.13. The highest BCUT2D eigenvalue weighted by molar-refractivity contribution is 5.60. The lowest BCUT2D eigenvalue weighted by Gasteiger charge is -2.02. The molecular formula is C10H9F3N4. The highest BCUT2D eigenvalue weighted by atomic mass is 19.4. The first-order valence-electron chi connectivity index (χ1n) is 4.72. The van der Waals surface area contributed by atoms with E-state index in [-0.39, 0.29) is 5.82 Å². The predicted molar refractivity (Wildman–Crippen MR) is 55.9 cm³/mol. The first-order chi connectivity index (χ1) is 7.88. The number of alkyl halides is 3. The van der Waals surface area contributed by atoms with E-state index >= 15 is 0 Å². The molecular weight excluding hydrogens is 233 g/mol. The monoisotopic (exact) mass is 242 g/mol. The van der Waals surface area contributed by atoms with Gasteiger partial charge in [-0.3, -0.25) is 0 Å². The number of hydrogen-bond donors (Lipinski definition) is 1. The van der Waals surface area contributed by atoms with Gasteiger partial charge in [-0.2, -0.15) is 18.3 Å². The Balaban J connectivity index is 2.49. The minimum Gasteiger partial charge on any atom is -0.399 e. The molecule has 0 unspecified atom stereocenters. The van der Waals surface area contributed by atoms with Crippen LogP contribution in [0.5, 0.6) is 0 Å². The molecule has 0 amide bonds. The van der Waals surface area contributed by atoms with Gasteiger partial charge in [0.05, 0.1) is 0 Å². The molecule has 0 aliphatic carbocycles. The zero-order valence-corrected chi connectivity index (χ0v) is 8.86. The maximum Gasteiger partial charge on any atom is 0.451 e. The number of nitrogens with zero attached hydrogens (tertiary/aromatic N) is 3. The molecule has 17 heavy (non-hydrogen) atoms. The van der Waals surface area contributed by atoms with E-state index in [9.17, 15) is 13.2 Å². The third-order valence-electron chi connectivity index (χ3n) is 2.16. The summed E-state index contributed by atoms with van der Waals surface area (Å²) in [5.74, 6) is -1.03. The summed E-state index contributed by atoms with van der Waals surface area (Å²) < 4.78 is 38.2. The molecule has 0 bridgehead atoms. The lowest BCUT2D eigenvalue weighted by atomic mass is 10.2. The summed E-state index contributed by atoms with van der Waals surface area (Å²) in [6.07, 6.45) is -4.51. The summed E-state index contributed by atoms with van der Waals surface area (Å²) in [6, 6.07) is 6.40. The Morgan fingerprint density at radius 1 is 1.29 bits per heavy atom. The molecule has 0 aliphatic rings. The molecule has 1 heterocycles. The second-order valence-electron chi connectivity index (χ2n) is 3.51. The van der Waals surface area contributed by atoms with Crippen LogP contribution in [0.3, 0.4) is 0 Å². The van der Waals surface area contributed by atoms with E-state index in [4.69, 9.17) is 5.73 Å². The largest absolute Gasteiger partial charge is 0.451 e. The van der Waals surface area contributed by atoms with Crippen molar-refractivity contribution in [1.82, 2.24) is 14.8 Å². The number of nitrogen functional groups attached to an aromatic ring is 1. The number of nitrogens with two attached hydrogens (primary N) is 1. The quantitative estimate of drug-likeness (QED) is 0.779. The minimum atomic E-state index is -4.51. The number of benzene rings is 1. The Morgan fingerprint density at radius 2 is 2.00 bits per heavy atom. The zero-order valence-electron chi connectivity index (χ0n) is 8.86. The molecule has 2 N–H and O–H groups in total. The van der Waals surface area contributed by atoms with Crippen LogP contribution in [-0.2, 0) is 13.2 Å². The van der Waals surface area contributed by atoms with E-state index in [0.717, 1.165) is 0 Å². The van der Waals surface area contributed by atoms with Crippen molar-refractivity contribution in [2.75, 3.05) is 5.73 Å². The van der Waals surface area contributed by atoms with Gasteiger partial charge in [0.25, 0.3) is 0 Å². The van der Waals surface area contributed by atoms with Crippen molar-refractivity contribution < 1.29 is 13.2 Å². The van der Waals surface area contributed by atoms with Crippen LogP contribution in [-0.4, -0.2) is 14.8 Å². The molecule has 2 rings (SSSR count). The van der Waals surface area contributed by atoms with Crippen molar-refractivity contribution in [1.29, 1.82) is 0 Å². The normalized spacial score (nSPS) is 11.8. The molecule has 90 valence electrons. The third kappa shape index (κ3) is 2.22. The number of hydrogen-bond acceptors (Lipinski definition) is 3. The maximum absolute atomic E-state index is 12.5. The second-order valence-corrected chi connectivity index (χ2v) is 3.51. The fraction of sp³-hybridized carbons (Fsp3) is 0.200. The van der Waals surface area contributed by atoms with E-state index in [0.29, 0.717) is 15.9 Å². The van der Waals surface area contributed by atoms with Crippen molar-refractivity contribution in [2.45, 2.75) is 6.18 Å². The Labute approximate surface area is 94.9 Å². The molecule has 0 atom stereocenters. The number of halogens is 3. The topological polar surface area (TPSA) is 56.7 Å². The van der Waals surface area contributed by atoms with Crippen molar-refractivity contribution in [3.63, 3.8) is 0 Å². The molecule has 0 radical (unpaired) electrons. The fourth-order valence-corrected chi connectivity index (χ4v) is 1.43. The van der Waals surface area contributed by atoms with Crippen LogP contribution < -0.4 is 5.73 Å². The van der Waals surface area contributed by atoms with Crippen LogP contribution in [0.1, 0.15) is 5.82 Å². The van der Waals surface area contributed by atoms with E-state index in [1.807, 2.05) is 0 Å². The van der Waals surface area contributed by atoms with Gasteiger partial charge in [-0.15, -0.1) is 0 Å². The number of rotatable bonds is 1. The molecule has 1 aromatic carbocycles. The van der Waals surface area contributed by atoms with Crippen LogP contribution in [0.2, 0.25) is 0 Å². The summed E-state index contributed by atoms with van der Waals surface area (Å²) in [5.41, 5.74) is 6.44. The van der Waals surface area contributed by atoms with Crippen LogP contribution in [0.15, 0.2) is 24.3 Å². The summed E-state index contributed by atoms with van der Waals surface area (Å²) in [6.45, 7) is 0. The van der Waals surface area contributed by atoms with Crippen molar-refractivity contribution in [3.05, 3.63) is 30.1 Å². The summed E-state index contributed by atoms with van der Waals surface area (Å²) in [4.78, 5) is 3.46. The first-order valence-corrected chi connectivity index (χ1v) is 4.72. The smallest absolute Gasteiger partial charge is 0.399 e. The third-order valence-corrected chi connectivity index (χ3v) is 2.16. The van der Waals surface area contributed by atoms with Crippen LogP contribution in [0.25, 0.3) is 11.4 Å². The average Bonchev–Trinajstić information content (AvgIpc) is 2.60. The van der Waals surface area contributed by atoms with Crippen molar-refractivity contribution in [3.8, 4) is 11.4 Å². The van der Waals surface area contributed by atoms with Crippen LogP contribution in [0, 0.1) is 0 Å². The Kier molecular flexibility index (Phi) is 2.53. The van der Waals surface area contributed by atoms with Crippen molar-refractivity contribution >= 4 is 5.69 Å². The molecule has 2 aromatic rings. The molecule has 4 nitrogen and oxygen atoms in total. The van der Waals surface area contributed by atoms with Gasteiger partial charge >= 0.3 is 6.18 Å². The van der Waals surface area contributed by atoms with E-state index in [2.05, 4.69) is 10.1 Å². The molecule has 0 saturated carbocycles. The Morgan fingerprint density at radius 3 is 2.53 bits per heavy atom. The molecule has 0 aliphatic heterocycles.